The molecule has 1 saturated heterocycles. The fourth-order valence-electron chi connectivity index (χ4n) is 4.49. The van der Waals surface area contributed by atoms with E-state index in [1.54, 1.807) is 6.26 Å². The number of hydrogen-bond donors (Lipinski definition) is 1. The van der Waals surface area contributed by atoms with Crippen LogP contribution in [0.4, 0.5) is 25.0 Å². The molecule has 2 atom stereocenters. The number of ether oxygens (including phenoxy) is 1. The van der Waals surface area contributed by atoms with Crippen LogP contribution in [0, 0.1) is 11.6 Å². The van der Waals surface area contributed by atoms with Gasteiger partial charge < -0.3 is 19.3 Å². The Morgan fingerprint density at radius 3 is 2.40 bits per heavy atom. The van der Waals surface area contributed by atoms with Crippen molar-refractivity contribution < 1.29 is 30.9 Å². The van der Waals surface area contributed by atoms with Gasteiger partial charge in [0.1, 0.15) is 22.6 Å². The van der Waals surface area contributed by atoms with E-state index in [4.69, 9.17) is 16.3 Å². The van der Waals surface area contributed by atoms with Crippen LogP contribution in [0.1, 0.15) is 17.2 Å². The molecule has 214 valence electrons. The summed E-state index contributed by atoms with van der Waals surface area (Å²) >= 11 is 5.88. The van der Waals surface area contributed by atoms with E-state index in [0.717, 1.165) is 29.6 Å². The summed E-state index contributed by atoms with van der Waals surface area (Å²) in [6.07, 6.45) is 0.617. The van der Waals surface area contributed by atoms with E-state index in [9.17, 15) is 26.2 Å². The van der Waals surface area contributed by atoms with Crippen LogP contribution in [0.3, 0.4) is 0 Å². The molecule has 0 aromatic heterocycles. The summed E-state index contributed by atoms with van der Waals surface area (Å²) in [5.74, 6) is -1.67. The molecule has 40 heavy (non-hydrogen) atoms. The van der Waals surface area contributed by atoms with Gasteiger partial charge in [0, 0.05) is 49.4 Å². The lowest BCUT2D eigenvalue weighted by Crippen LogP contribution is -2.49. The first kappa shape index (κ1) is 29.8. The number of sulfone groups is 1. The molecule has 3 aromatic rings. The molecular weight excluding hydrogens is 584 g/mol. The van der Waals surface area contributed by atoms with Crippen molar-refractivity contribution in [1.82, 2.24) is 4.90 Å². The normalized spacial score (nSPS) is 15.4. The van der Waals surface area contributed by atoms with Crippen molar-refractivity contribution in [3.63, 3.8) is 0 Å². The van der Waals surface area contributed by atoms with Gasteiger partial charge in [0.25, 0.3) is 0 Å². The molecule has 1 N–H and O–H groups in total. The Morgan fingerprint density at radius 1 is 1.05 bits per heavy atom. The second-order valence-corrected chi connectivity index (χ2v) is 12.8. The van der Waals surface area contributed by atoms with Crippen LogP contribution in [0.25, 0.3) is 0 Å². The molecule has 1 aliphatic rings. The number of amides is 1. The SMILES string of the molecule is CS(=O)Nc1ccccc1N1CCN(C(=O)OCCC(c2cc(F)ccc2F)S(=O)(=O)c2ccc(Cl)cc2)CC1. The van der Waals surface area contributed by atoms with Crippen LogP contribution < -0.4 is 9.62 Å². The van der Waals surface area contributed by atoms with E-state index in [2.05, 4.69) is 9.62 Å². The van der Waals surface area contributed by atoms with Crippen LogP contribution >= 0.6 is 11.6 Å². The number of piperazine rings is 1. The zero-order valence-corrected chi connectivity index (χ0v) is 23.9. The molecule has 0 saturated carbocycles. The van der Waals surface area contributed by atoms with Crippen molar-refractivity contribution in [3.05, 3.63) is 89.0 Å². The van der Waals surface area contributed by atoms with Crippen molar-refractivity contribution in [2.24, 2.45) is 0 Å². The van der Waals surface area contributed by atoms with Gasteiger partial charge in [-0.3, -0.25) is 0 Å². The summed E-state index contributed by atoms with van der Waals surface area (Å²) in [5.41, 5.74) is 1.23. The number of rotatable bonds is 9. The molecule has 1 amide bonds. The first-order chi connectivity index (χ1) is 19.1. The molecule has 0 aliphatic carbocycles. The number of para-hydroxylation sites is 2. The molecule has 0 radical (unpaired) electrons. The number of carbonyl (C=O) groups is 1. The summed E-state index contributed by atoms with van der Waals surface area (Å²) in [7, 11) is -5.43. The lowest BCUT2D eigenvalue weighted by molar-refractivity contribution is 0.0987. The zero-order valence-electron chi connectivity index (χ0n) is 21.6. The van der Waals surface area contributed by atoms with E-state index < -0.39 is 43.8 Å². The minimum Gasteiger partial charge on any atom is -0.449 e. The lowest BCUT2D eigenvalue weighted by Gasteiger charge is -2.36. The molecule has 1 aliphatic heterocycles. The van der Waals surface area contributed by atoms with E-state index in [0.29, 0.717) is 31.2 Å². The van der Waals surface area contributed by atoms with E-state index in [1.165, 1.54) is 29.2 Å². The van der Waals surface area contributed by atoms with Crippen LogP contribution in [0.15, 0.2) is 71.6 Å². The summed E-state index contributed by atoms with van der Waals surface area (Å²) in [6.45, 7) is 1.33. The highest BCUT2D eigenvalue weighted by Crippen LogP contribution is 2.34. The molecule has 0 bridgehead atoms. The smallest absolute Gasteiger partial charge is 0.409 e. The van der Waals surface area contributed by atoms with Gasteiger partial charge in [-0.25, -0.2) is 26.2 Å². The maximum absolute atomic E-state index is 14.7. The molecule has 2 unspecified atom stereocenters. The molecule has 4 rings (SSSR count). The van der Waals surface area contributed by atoms with Crippen molar-refractivity contribution >= 4 is 49.9 Å². The van der Waals surface area contributed by atoms with Crippen LogP contribution in [-0.2, 0) is 25.6 Å². The van der Waals surface area contributed by atoms with Gasteiger partial charge in [-0.15, -0.1) is 0 Å². The number of halogens is 3. The fourth-order valence-corrected chi connectivity index (χ4v) is 6.87. The van der Waals surface area contributed by atoms with Gasteiger partial charge in [-0.05, 0) is 54.6 Å². The predicted molar refractivity (Wildman–Crippen MR) is 152 cm³/mol. The Labute approximate surface area is 239 Å². The molecule has 8 nitrogen and oxygen atoms in total. The highest BCUT2D eigenvalue weighted by atomic mass is 35.5. The van der Waals surface area contributed by atoms with Gasteiger partial charge in [0.2, 0.25) is 0 Å². The highest BCUT2D eigenvalue weighted by Gasteiger charge is 2.32. The Balaban J connectivity index is 1.42. The summed E-state index contributed by atoms with van der Waals surface area (Å²) < 4.78 is 75.5. The Kier molecular flexibility index (Phi) is 9.64. The molecule has 0 spiro atoms. The monoisotopic (exact) mass is 611 g/mol. The predicted octanol–water partition coefficient (Wildman–Crippen LogP) is 5.19. The summed E-state index contributed by atoms with van der Waals surface area (Å²) in [5, 5.41) is -1.18. The molecule has 13 heteroatoms. The van der Waals surface area contributed by atoms with Gasteiger partial charge >= 0.3 is 6.09 Å². The fraction of sp³-hybridized carbons (Fsp3) is 0.296. The lowest BCUT2D eigenvalue weighted by atomic mass is 10.1. The third kappa shape index (κ3) is 7.10. The van der Waals surface area contributed by atoms with Crippen LogP contribution in [-0.4, -0.2) is 62.7 Å². The van der Waals surface area contributed by atoms with E-state index in [1.807, 2.05) is 24.3 Å². The number of hydrogen-bond acceptors (Lipinski definition) is 6. The second-order valence-electron chi connectivity index (χ2n) is 9.10. The highest BCUT2D eigenvalue weighted by molar-refractivity contribution is 7.91. The third-order valence-corrected chi connectivity index (χ3v) is 9.39. The molecular formula is C27H28ClF2N3O5S2. The first-order valence-electron chi connectivity index (χ1n) is 12.4. The minimum atomic E-state index is -4.19. The Hall–Kier alpha value is -3.22. The van der Waals surface area contributed by atoms with Crippen molar-refractivity contribution in [2.45, 2.75) is 16.6 Å². The van der Waals surface area contributed by atoms with Crippen LogP contribution in [0.5, 0.6) is 0 Å². The van der Waals surface area contributed by atoms with Gasteiger partial charge in [-0.1, -0.05) is 23.7 Å². The molecule has 1 heterocycles. The summed E-state index contributed by atoms with van der Waals surface area (Å²) in [6, 6.07) is 15.4. The zero-order chi connectivity index (χ0) is 28.9. The first-order valence-corrected chi connectivity index (χ1v) is 15.8. The number of carbonyl (C=O) groups excluding carboxylic acids is 1. The largest absolute Gasteiger partial charge is 0.449 e. The standard InChI is InChI=1S/C27H28ClF2N3O5S2/c1-39(35)31-24-4-2-3-5-25(24)32-13-15-33(16-14-32)27(34)38-17-12-26(22-18-20(29)8-11-23(22)30)40(36,37)21-9-6-19(28)7-10-21/h2-11,18,26,31H,12-17H2,1H3. The number of benzene rings is 3. The Bertz CT molecular complexity index is 1480. The number of nitrogens with zero attached hydrogens (tertiary/aromatic N) is 2. The number of nitrogens with one attached hydrogen (secondary N) is 1. The van der Waals surface area contributed by atoms with Crippen molar-refractivity contribution in [1.29, 1.82) is 0 Å². The van der Waals surface area contributed by atoms with Crippen molar-refractivity contribution in [3.8, 4) is 0 Å². The van der Waals surface area contributed by atoms with E-state index in [-0.39, 0.29) is 23.5 Å². The minimum absolute atomic E-state index is 0.116. The maximum atomic E-state index is 14.7. The third-order valence-electron chi connectivity index (χ3n) is 6.46. The van der Waals surface area contributed by atoms with Crippen molar-refractivity contribution in [2.75, 3.05) is 48.7 Å². The van der Waals surface area contributed by atoms with Gasteiger partial charge in [0.15, 0.2) is 9.84 Å². The molecule has 3 aromatic carbocycles. The topological polar surface area (TPSA) is 96.0 Å². The average molecular weight is 612 g/mol. The molecule has 1 fully saturated rings. The summed E-state index contributed by atoms with van der Waals surface area (Å²) in [4.78, 5) is 16.2. The average Bonchev–Trinajstić information content (AvgIpc) is 2.93. The van der Waals surface area contributed by atoms with Crippen LogP contribution in [0.2, 0.25) is 5.02 Å². The maximum Gasteiger partial charge on any atom is 0.409 e. The quantitative estimate of drug-likeness (QED) is 0.358. The second kappa shape index (κ2) is 13.0. The number of anilines is 2. The van der Waals surface area contributed by atoms with Gasteiger partial charge in [-0.2, -0.15) is 0 Å². The van der Waals surface area contributed by atoms with E-state index >= 15 is 0 Å². The van der Waals surface area contributed by atoms with Gasteiger partial charge in [0.05, 0.1) is 28.1 Å². The Morgan fingerprint density at radius 2 is 1.73 bits per heavy atom.